The van der Waals surface area contributed by atoms with E-state index in [2.05, 4.69) is 31.8 Å². The molecule has 0 atom stereocenters. The summed E-state index contributed by atoms with van der Waals surface area (Å²) in [6, 6.07) is 13.6. The zero-order valence-corrected chi connectivity index (χ0v) is 20.9. The van der Waals surface area contributed by atoms with Gasteiger partial charge in [0, 0.05) is 16.1 Å². The van der Waals surface area contributed by atoms with Gasteiger partial charge in [0.1, 0.15) is 11.4 Å². The summed E-state index contributed by atoms with van der Waals surface area (Å²) >= 11 is 3.09. The van der Waals surface area contributed by atoms with Gasteiger partial charge in [0.2, 0.25) is 0 Å². The Kier molecular flexibility index (Phi) is 8.64. The van der Waals surface area contributed by atoms with E-state index < -0.39 is 34.2 Å². The summed E-state index contributed by atoms with van der Waals surface area (Å²) in [7, 11) is 1.32. The number of anilines is 1. The summed E-state index contributed by atoms with van der Waals surface area (Å²) < 4.78 is 24.9. The molecule has 0 saturated heterocycles. The minimum atomic E-state index is -1.14. The summed E-state index contributed by atoms with van der Waals surface area (Å²) in [5.41, 5.74) is 1.93. The zero-order chi connectivity index (χ0) is 27.1. The second-order valence-corrected chi connectivity index (χ2v) is 8.16. The highest BCUT2D eigenvalue weighted by molar-refractivity contribution is 9.10. The van der Waals surface area contributed by atoms with Gasteiger partial charge in [0.25, 0.3) is 5.69 Å². The van der Waals surface area contributed by atoms with Gasteiger partial charge in [-0.2, -0.15) is 5.10 Å². The number of hydrazone groups is 1. The van der Waals surface area contributed by atoms with E-state index in [9.17, 15) is 28.9 Å². The van der Waals surface area contributed by atoms with Crippen LogP contribution in [-0.2, 0) is 9.59 Å². The lowest BCUT2D eigenvalue weighted by Crippen LogP contribution is -2.33. The van der Waals surface area contributed by atoms with Gasteiger partial charge in [-0.25, -0.2) is 14.6 Å². The van der Waals surface area contributed by atoms with E-state index in [0.29, 0.717) is 10.0 Å². The molecule has 0 aliphatic carbocycles. The van der Waals surface area contributed by atoms with Crippen LogP contribution in [-0.4, -0.2) is 35.5 Å². The number of hydrogen-bond donors (Lipinski definition) is 2. The van der Waals surface area contributed by atoms with Gasteiger partial charge in [0.15, 0.2) is 11.5 Å². The van der Waals surface area contributed by atoms with Gasteiger partial charge in [-0.1, -0.05) is 28.1 Å². The van der Waals surface area contributed by atoms with Crippen molar-refractivity contribution in [3.63, 3.8) is 0 Å². The molecule has 0 bridgehead atoms. The van der Waals surface area contributed by atoms with Crippen molar-refractivity contribution in [2.24, 2.45) is 5.10 Å². The average Bonchev–Trinajstić information content (AvgIpc) is 2.88. The van der Waals surface area contributed by atoms with E-state index in [4.69, 9.17) is 9.47 Å². The second-order valence-electron chi connectivity index (χ2n) is 7.25. The van der Waals surface area contributed by atoms with E-state index in [-0.39, 0.29) is 28.5 Å². The SMILES string of the molecule is COc1cc(C(C)=NNC(=O)C(=O)Nc2ccc(Br)cc2F)ccc1OC(=O)c1ccccc1[N+](=O)[O-]. The van der Waals surface area contributed by atoms with Gasteiger partial charge < -0.3 is 14.8 Å². The number of nitro groups is 1. The molecule has 0 radical (unpaired) electrons. The number of hydrogen-bond acceptors (Lipinski definition) is 8. The highest BCUT2D eigenvalue weighted by Gasteiger charge is 2.22. The second kappa shape index (κ2) is 11.9. The summed E-state index contributed by atoms with van der Waals surface area (Å²) in [4.78, 5) is 47.1. The molecular formula is C24H18BrFN4O7. The third kappa shape index (κ3) is 6.73. The van der Waals surface area contributed by atoms with Gasteiger partial charge in [-0.3, -0.25) is 19.7 Å². The summed E-state index contributed by atoms with van der Waals surface area (Å²) in [6.07, 6.45) is 0. The van der Waals surface area contributed by atoms with Crippen LogP contribution >= 0.6 is 15.9 Å². The van der Waals surface area contributed by atoms with Crippen LogP contribution in [0.15, 0.2) is 70.2 Å². The van der Waals surface area contributed by atoms with Crippen molar-refractivity contribution in [3.8, 4) is 11.5 Å². The molecule has 3 aromatic rings. The molecule has 37 heavy (non-hydrogen) atoms. The average molecular weight is 573 g/mol. The molecule has 0 aliphatic heterocycles. The van der Waals surface area contributed by atoms with Crippen LogP contribution in [0, 0.1) is 15.9 Å². The smallest absolute Gasteiger partial charge is 0.350 e. The number of rotatable bonds is 7. The molecule has 3 rings (SSSR count). The zero-order valence-electron chi connectivity index (χ0n) is 19.3. The van der Waals surface area contributed by atoms with E-state index in [0.717, 1.165) is 6.07 Å². The molecule has 13 heteroatoms. The number of ether oxygens (including phenoxy) is 2. The Morgan fingerprint density at radius 3 is 2.43 bits per heavy atom. The molecule has 11 nitrogen and oxygen atoms in total. The first-order valence-corrected chi connectivity index (χ1v) is 11.1. The fourth-order valence-electron chi connectivity index (χ4n) is 2.96. The lowest BCUT2D eigenvalue weighted by molar-refractivity contribution is -0.385. The van der Waals surface area contributed by atoms with Crippen molar-refractivity contribution < 1.29 is 33.2 Å². The number of nitrogens with one attached hydrogen (secondary N) is 2. The summed E-state index contributed by atoms with van der Waals surface area (Å²) in [5, 5.41) is 17.2. The van der Waals surface area contributed by atoms with Crippen molar-refractivity contribution >= 4 is 50.8 Å². The largest absolute Gasteiger partial charge is 0.493 e. The number of nitrogens with zero attached hydrogens (tertiary/aromatic N) is 2. The monoisotopic (exact) mass is 572 g/mol. The van der Waals surface area contributed by atoms with E-state index in [1.165, 1.54) is 68.6 Å². The molecule has 0 aliphatic rings. The van der Waals surface area contributed by atoms with Crippen molar-refractivity contribution in [3.05, 3.63) is 92.2 Å². The predicted octanol–water partition coefficient (Wildman–Crippen LogP) is 4.20. The van der Waals surface area contributed by atoms with Crippen LogP contribution < -0.4 is 20.2 Å². The first-order chi connectivity index (χ1) is 17.6. The molecule has 0 saturated carbocycles. The van der Waals surface area contributed by atoms with Gasteiger partial charge in [0.05, 0.1) is 23.4 Å². The Balaban J connectivity index is 1.70. The minimum absolute atomic E-state index is 0.0119. The number of carbonyl (C=O) groups is 3. The Morgan fingerprint density at radius 1 is 1.03 bits per heavy atom. The highest BCUT2D eigenvalue weighted by atomic mass is 79.9. The molecule has 0 fully saturated rings. The summed E-state index contributed by atoms with van der Waals surface area (Å²) in [6.45, 7) is 1.53. The van der Waals surface area contributed by atoms with Crippen molar-refractivity contribution in [1.29, 1.82) is 0 Å². The number of nitro benzene ring substituents is 1. The van der Waals surface area contributed by atoms with Gasteiger partial charge in [-0.05, 0) is 49.4 Å². The van der Waals surface area contributed by atoms with Crippen LogP contribution in [0.5, 0.6) is 11.5 Å². The number of halogens is 2. The number of para-hydroxylation sites is 1. The first-order valence-electron chi connectivity index (χ1n) is 10.4. The fraction of sp³-hybridized carbons (Fsp3) is 0.0833. The molecular weight excluding hydrogens is 555 g/mol. The normalized spacial score (nSPS) is 10.9. The quantitative estimate of drug-likeness (QED) is 0.107. The minimum Gasteiger partial charge on any atom is -0.493 e. The van der Waals surface area contributed by atoms with E-state index >= 15 is 0 Å². The standard InChI is InChI=1S/C24H18BrFN4O7/c1-13(28-29-23(32)22(31)27-18-9-8-15(25)12-17(18)26)14-7-10-20(21(11-14)36-2)37-24(33)16-5-3-4-6-19(16)30(34)35/h3-12H,1-2H3,(H,27,31)(H,29,32). The molecule has 0 unspecified atom stereocenters. The van der Waals surface area contributed by atoms with Crippen LogP contribution in [0.1, 0.15) is 22.8 Å². The first kappa shape index (κ1) is 26.9. The predicted molar refractivity (Wildman–Crippen MR) is 134 cm³/mol. The van der Waals surface area contributed by atoms with Crippen molar-refractivity contribution in [2.45, 2.75) is 6.92 Å². The third-order valence-corrected chi connectivity index (χ3v) is 5.31. The third-order valence-electron chi connectivity index (χ3n) is 4.82. The van der Waals surface area contributed by atoms with E-state index in [1.807, 2.05) is 0 Å². The molecule has 0 heterocycles. The Labute approximate surface area is 217 Å². The van der Waals surface area contributed by atoms with Gasteiger partial charge in [-0.15, -0.1) is 0 Å². The number of esters is 1. The lowest BCUT2D eigenvalue weighted by atomic mass is 10.1. The number of benzene rings is 3. The molecule has 2 N–H and O–H groups in total. The lowest BCUT2D eigenvalue weighted by Gasteiger charge is -2.11. The molecule has 190 valence electrons. The van der Waals surface area contributed by atoms with Crippen molar-refractivity contribution in [1.82, 2.24) is 5.43 Å². The maximum absolute atomic E-state index is 13.9. The number of methoxy groups -OCH3 is 1. The molecule has 0 spiro atoms. The number of amides is 2. The highest BCUT2D eigenvalue weighted by Crippen LogP contribution is 2.30. The Bertz CT molecular complexity index is 1430. The van der Waals surface area contributed by atoms with Crippen LogP contribution in [0.2, 0.25) is 0 Å². The number of carbonyl (C=O) groups excluding carboxylic acids is 3. The van der Waals surface area contributed by atoms with Crippen molar-refractivity contribution in [2.75, 3.05) is 12.4 Å². The molecule has 0 aromatic heterocycles. The van der Waals surface area contributed by atoms with E-state index in [1.54, 1.807) is 0 Å². The fourth-order valence-corrected chi connectivity index (χ4v) is 3.29. The maximum Gasteiger partial charge on any atom is 0.350 e. The molecule has 2 amide bonds. The van der Waals surface area contributed by atoms with Crippen LogP contribution in [0.4, 0.5) is 15.8 Å². The topological polar surface area (TPSA) is 149 Å². The Morgan fingerprint density at radius 2 is 1.76 bits per heavy atom. The molecule has 3 aromatic carbocycles. The maximum atomic E-state index is 13.9. The van der Waals surface area contributed by atoms with Crippen LogP contribution in [0.3, 0.4) is 0 Å². The summed E-state index contributed by atoms with van der Waals surface area (Å²) in [5.74, 6) is -3.86. The van der Waals surface area contributed by atoms with Crippen LogP contribution in [0.25, 0.3) is 0 Å². The van der Waals surface area contributed by atoms with Gasteiger partial charge >= 0.3 is 17.8 Å². The Hall–Kier alpha value is -4.65.